The second-order valence-corrected chi connectivity index (χ2v) is 6.59. The fourth-order valence-electron chi connectivity index (χ4n) is 3.16. The highest BCUT2D eigenvalue weighted by Gasteiger charge is 2.18. The molecule has 3 heterocycles. The van der Waals surface area contributed by atoms with Gasteiger partial charge in [0.25, 0.3) is 0 Å². The fourth-order valence-corrected chi connectivity index (χ4v) is 3.16. The summed E-state index contributed by atoms with van der Waals surface area (Å²) in [6, 6.07) is 4.19. The minimum atomic E-state index is 0. The second kappa shape index (κ2) is 10.9. The number of pyridine rings is 1. The van der Waals surface area contributed by atoms with Gasteiger partial charge in [0.1, 0.15) is 5.82 Å². The Morgan fingerprint density at radius 2 is 2.19 bits per heavy atom. The number of nitrogens with zero attached hydrogens (tertiary/aromatic N) is 3. The molecule has 2 unspecified atom stereocenters. The van der Waals surface area contributed by atoms with Gasteiger partial charge < -0.3 is 25.0 Å². The van der Waals surface area contributed by atoms with Crippen LogP contribution in [0.5, 0.6) is 0 Å². The molecule has 0 aliphatic carbocycles. The van der Waals surface area contributed by atoms with Crippen LogP contribution in [0.1, 0.15) is 25.3 Å². The zero-order chi connectivity index (χ0) is 17.5. The van der Waals surface area contributed by atoms with Gasteiger partial charge in [-0.3, -0.25) is 4.99 Å². The van der Waals surface area contributed by atoms with Crippen molar-refractivity contribution in [3.63, 3.8) is 0 Å². The zero-order valence-electron chi connectivity index (χ0n) is 15.6. The lowest BCUT2D eigenvalue weighted by Gasteiger charge is -2.32. The third kappa shape index (κ3) is 6.24. The van der Waals surface area contributed by atoms with E-state index < -0.39 is 0 Å². The largest absolute Gasteiger partial charge is 0.376 e. The molecule has 0 aromatic carbocycles. The molecule has 2 saturated heterocycles. The third-order valence-corrected chi connectivity index (χ3v) is 4.58. The number of rotatable bonds is 5. The molecule has 1 aromatic rings. The Balaban J connectivity index is 0.00000243. The van der Waals surface area contributed by atoms with Crippen molar-refractivity contribution in [1.29, 1.82) is 0 Å². The van der Waals surface area contributed by atoms with Crippen LogP contribution in [-0.2, 0) is 16.0 Å². The zero-order valence-corrected chi connectivity index (χ0v) is 17.9. The van der Waals surface area contributed by atoms with E-state index in [1.165, 1.54) is 0 Å². The summed E-state index contributed by atoms with van der Waals surface area (Å²) in [5.41, 5.74) is 1.13. The van der Waals surface area contributed by atoms with Crippen molar-refractivity contribution in [3.8, 4) is 0 Å². The van der Waals surface area contributed by atoms with Crippen LogP contribution in [0.25, 0.3) is 0 Å². The number of aliphatic imine (C=N–C) groups is 1. The summed E-state index contributed by atoms with van der Waals surface area (Å²) in [5, 5.41) is 6.65. The predicted octanol–water partition coefficient (Wildman–Crippen LogP) is 1.77. The topological polar surface area (TPSA) is 71.0 Å². The Labute approximate surface area is 173 Å². The monoisotopic (exact) mass is 475 g/mol. The van der Waals surface area contributed by atoms with Gasteiger partial charge in [-0.2, -0.15) is 0 Å². The first-order chi connectivity index (χ1) is 12.2. The van der Waals surface area contributed by atoms with Crippen molar-refractivity contribution < 1.29 is 9.47 Å². The first kappa shape index (κ1) is 21.2. The summed E-state index contributed by atoms with van der Waals surface area (Å²) in [4.78, 5) is 11.1. The molecule has 2 fully saturated rings. The van der Waals surface area contributed by atoms with Crippen LogP contribution in [-0.4, -0.2) is 63.0 Å². The van der Waals surface area contributed by atoms with Crippen molar-refractivity contribution >= 4 is 35.8 Å². The summed E-state index contributed by atoms with van der Waals surface area (Å²) in [6.45, 7) is 7.01. The van der Waals surface area contributed by atoms with E-state index in [1.807, 2.05) is 6.20 Å². The van der Waals surface area contributed by atoms with Crippen LogP contribution < -0.4 is 15.5 Å². The molecule has 0 spiro atoms. The molecule has 2 aliphatic heterocycles. The van der Waals surface area contributed by atoms with Gasteiger partial charge in [0, 0.05) is 46.0 Å². The molecule has 26 heavy (non-hydrogen) atoms. The second-order valence-electron chi connectivity index (χ2n) is 6.59. The Morgan fingerprint density at radius 3 is 2.85 bits per heavy atom. The maximum Gasteiger partial charge on any atom is 0.191 e. The lowest BCUT2D eigenvalue weighted by Crippen LogP contribution is -2.41. The van der Waals surface area contributed by atoms with E-state index in [0.29, 0.717) is 12.6 Å². The smallest absolute Gasteiger partial charge is 0.191 e. The number of nitrogens with one attached hydrogen (secondary N) is 2. The van der Waals surface area contributed by atoms with E-state index in [1.54, 1.807) is 7.05 Å². The highest BCUT2D eigenvalue weighted by molar-refractivity contribution is 14.0. The maximum atomic E-state index is 5.62. The number of guanidine groups is 1. The first-order valence-corrected chi connectivity index (χ1v) is 9.12. The summed E-state index contributed by atoms with van der Waals surface area (Å²) >= 11 is 0. The number of hydrogen-bond donors (Lipinski definition) is 2. The summed E-state index contributed by atoms with van der Waals surface area (Å²) < 4.78 is 11.2. The molecule has 146 valence electrons. The van der Waals surface area contributed by atoms with E-state index in [-0.39, 0.29) is 30.1 Å². The average Bonchev–Trinajstić information content (AvgIpc) is 3.16. The number of morpholine rings is 1. The summed E-state index contributed by atoms with van der Waals surface area (Å²) in [7, 11) is 1.78. The van der Waals surface area contributed by atoms with Gasteiger partial charge in [-0.25, -0.2) is 4.98 Å². The van der Waals surface area contributed by atoms with Crippen molar-refractivity contribution in [1.82, 2.24) is 15.6 Å². The highest BCUT2D eigenvalue weighted by Crippen LogP contribution is 2.15. The standard InChI is InChI=1S/C18H29N5O2.HI/c1-14-13-23(7-9-24-14)17-6-5-15(10-20-17)11-21-18(19-2)22-12-16-4-3-8-25-16;/h5-6,10,14,16H,3-4,7-9,11-13H2,1-2H3,(H2,19,21,22);1H. The van der Waals surface area contributed by atoms with Gasteiger partial charge in [0.2, 0.25) is 0 Å². The van der Waals surface area contributed by atoms with E-state index >= 15 is 0 Å². The summed E-state index contributed by atoms with van der Waals surface area (Å²) in [6.07, 6.45) is 4.76. The van der Waals surface area contributed by atoms with E-state index in [9.17, 15) is 0 Å². The number of aromatic nitrogens is 1. The van der Waals surface area contributed by atoms with Crippen LogP contribution in [0, 0.1) is 0 Å². The minimum absolute atomic E-state index is 0. The molecule has 0 amide bonds. The molecule has 3 rings (SSSR count). The van der Waals surface area contributed by atoms with Gasteiger partial charge in [0.05, 0.1) is 18.8 Å². The molecule has 2 N–H and O–H groups in total. The number of anilines is 1. The Morgan fingerprint density at radius 1 is 1.31 bits per heavy atom. The number of halogens is 1. The normalized spacial score (nSPS) is 23.5. The molecule has 8 heteroatoms. The Kier molecular flexibility index (Phi) is 8.86. The van der Waals surface area contributed by atoms with E-state index in [4.69, 9.17) is 9.47 Å². The third-order valence-electron chi connectivity index (χ3n) is 4.58. The van der Waals surface area contributed by atoms with Crippen LogP contribution in [0.4, 0.5) is 5.82 Å². The molecule has 0 bridgehead atoms. The molecule has 2 atom stereocenters. The van der Waals surface area contributed by atoms with Crippen molar-refractivity contribution in [3.05, 3.63) is 23.9 Å². The number of ether oxygens (including phenoxy) is 2. The van der Waals surface area contributed by atoms with Crippen LogP contribution in [0.2, 0.25) is 0 Å². The van der Waals surface area contributed by atoms with E-state index in [2.05, 4.69) is 44.6 Å². The van der Waals surface area contributed by atoms with Gasteiger partial charge in [-0.15, -0.1) is 24.0 Å². The molecule has 7 nitrogen and oxygen atoms in total. The molecule has 0 saturated carbocycles. The molecule has 1 aromatic heterocycles. The van der Waals surface area contributed by atoms with Crippen LogP contribution in [0.15, 0.2) is 23.3 Å². The quantitative estimate of drug-likeness (QED) is 0.385. The molecule has 0 radical (unpaired) electrons. The molecule has 2 aliphatic rings. The minimum Gasteiger partial charge on any atom is -0.376 e. The lowest BCUT2D eigenvalue weighted by molar-refractivity contribution is 0.0529. The SMILES string of the molecule is CN=C(NCc1ccc(N2CCOC(C)C2)nc1)NCC1CCCO1.I. The predicted molar refractivity (Wildman–Crippen MR) is 114 cm³/mol. The van der Waals surface area contributed by atoms with Crippen molar-refractivity contribution in [2.45, 2.75) is 38.5 Å². The van der Waals surface area contributed by atoms with Crippen LogP contribution in [0.3, 0.4) is 0 Å². The molecular formula is C18H30IN5O2. The van der Waals surface area contributed by atoms with Gasteiger partial charge in [-0.05, 0) is 31.4 Å². The van der Waals surface area contributed by atoms with Crippen molar-refractivity contribution in [2.24, 2.45) is 4.99 Å². The fraction of sp³-hybridized carbons (Fsp3) is 0.667. The summed E-state index contributed by atoms with van der Waals surface area (Å²) in [5.74, 6) is 1.81. The van der Waals surface area contributed by atoms with Gasteiger partial charge in [0.15, 0.2) is 5.96 Å². The van der Waals surface area contributed by atoms with Gasteiger partial charge in [-0.1, -0.05) is 6.07 Å². The van der Waals surface area contributed by atoms with Crippen molar-refractivity contribution in [2.75, 3.05) is 44.8 Å². The van der Waals surface area contributed by atoms with E-state index in [0.717, 1.165) is 63.0 Å². The molecular weight excluding hydrogens is 445 g/mol. The maximum absolute atomic E-state index is 5.62. The average molecular weight is 475 g/mol. The van der Waals surface area contributed by atoms with Crippen LogP contribution >= 0.6 is 24.0 Å². The Hall–Kier alpha value is -1.13. The Bertz CT molecular complexity index is 563. The highest BCUT2D eigenvalue weighted by atomic mass is 127. The number of hydrogen-bond acceptors (Lipinski definition) is 5. The van der Waals surface area contributed by atoms with Gasteiger partial charge >= 0.3 is 0 Å². The first-order valence-electron chi connectivity index (χ1n) is 9.12. The lowest BCUT2D eigenvalue weighted by atomic mass is 10.2.